The highest BCUT2D eigenvalue weighted by Gasteiger charge is 2.34. The molecule has 8 nitrogen and oxygen atoms in total. The molecule has 1 unspecified atom stereocenters. The summed E-state index contributed by atoms with van der Waals surface area (Å²) in [6, 6.07) is 8.16. The number of nitrogens with one attached hydrogen (secondary N) is 2. The minimum atomic E-state index is -0.689. The van der Waals surface area contributed by atoms with Crippen LogP contribution in [0.25, 0.3) is 10.9 Å². The molecule has 25 heavy (non-hydrogen) atoms. The van der Waals surface area contributed by atoms with Crippen LogP contribution in [0.2, 0.25) is 0 Å². The van der Waals surface area contributed by atoms with E-state index in [4.69, 9.17) is 0 Å². The molecule has 3 N–H and O–H groups in total. The first-order chi connectivity index (χ1) is 12.0. The molecule has 0 saturated carbocycles. The summed E-state index contributed by atoms with van der Waals surface area (Å²) < 4.78 is 0. The average molecular weight is 337 g/mol. The maximum Gasteiger partial charge on any atom is 0.293 e. The maximum absolute atomic E-state index is 12.2. The number of nitro benzene ring substituents is 1. The number of phenolic OH excluding ortho intramolecular Hbond substituents is 1. The first-order valence-electron chi connectivity index (χ1n) is 7.39. The minimum Gasteiger partial charge on any atom is -0.508 e. The van der Waals surface area contributed by atoms with Crippen molar-refractivity contribution in [2.24, 2.45) is 0 Å². The van der Waals surface area contributed by atoms with Crippen molar-refractivity contribution in [2.45, 2.75) is 6.04 Å². The third-order valence-electron chi connectivity index (χ3n) is 4.35. The molecule has 0 spiro atoms. The highest BCUT2D eigenvalue weighted by atomic mass is 16.6. The lowest BCUT2D eigenvalue weighted by atomic mass is 9.95. The Labute approximate surface area is 140 Å². The predicted molar refractivity (Wildman–Crippen MR) is 87.8 cm³/mol. The van der Waals surface area contributed by atoms with Crippen molar-refractivity contribution in [2.75, 3.05) is 0 Å². The molecule has 1 amide bonds. The normalized spacial score (nSPS) is 15.8. The lowest BCUT2D eigenvalue weighted by molar-refractivity contribution is -0.383. The van der Waals surface area contributed by atoms with E-state index in [0.29, 0.717) is 28.4 Å². The number of phenols is 1. The average Bonchev–Trinajstić information content (AvgIpc) is 3.11. The highest BCUT2D eigenvalue weighted by Crippen LogP contribution is 2.39. The molecule has 1 aliphatic rings. The SMILES string of the molecule is O=Cc1[nH]c2c([N+](=O)[O-])cccc2c1C1NC(=O)c2ccc(O)cc21. The van der Waals surface area contributed by atoms with Gasteiger partial charge in [-0.1, -0.05) is 12.1 Å². The zero-order valence-corrected chi connectivity index (χ0v) is 12.6. The number of fused-ring (bicyclic) bond motifs is 2. The summed E-state index contributed by atoms with van der Waals surface area (Å²) in [5.41, 5.74) is 1.54. The second-order valence-corrected chi connectivity index (χ2v) is 5.71. The number of rotatable bonds is 3. The molecular weight excluding hydrogens is 326 g/mol. The number of non-ortho nitro benzene ring substituents is 1. The van der Waals surface area contributed by atoms with Gasteiger partial charge in [-0.3, -0.25) is 19.7 Å². The fourth-order valence-corrected chi connectivity index (χ4v) is 3.31. The fraction of sp³-hybridized carbons (Fsp3) is 0.0588. The maximum atomic E-state index is 12.2. The number of aromatic amines is 1. The quantitative estimate of drug-likeness (QED) is 0.384. The van der Waals surface area contributed by atoms with Gasteiger partial charge in [0.15, 0.2) is 6.29 Å². The van der Waals surface area contributed by atoms with Gasteiger partial charge in [-0.2, -0.15) is 0 Å². The fourth-order valence-electron chi connectivity index (χ4n) is 3.31. The summed E-state index contributed by atoms with van der Waals surface area (Å²) in [4.78, 5) is 37.2. The molecule has 0 radical (unpaired) electrons. The van der Waals surface area contributed by atoms with Crippen molar-refractivity contribution in [1.82, 2.24) is 10.3 Å². The Morgan fingerprint density at radius 3 is 2.76 bits per heavy atom. The van der Waals surface area contributed by atoms with Gasteiger partial charge >= 0.3 is 0 Å². The molecule has 1 aromatic heterocycles. The number of carbonyl (C=O) groups excluding carboxylic acids is 2. The second-order valence-electron chi connectivity index (χ2n) is 5.71. The number of aldehydes is 1. The number of aromatic nitrogens is 1. The Morgan fingerprint density at radius 2 is 2.04 bits per heavy atom. The first-order valence-corrected chi connectivity index (χ1v) is 7.39. The van der Waals surface area contributed by atoms with Gasteiger partial charge in [0.05, 0.1) is 16.7 Å². The van der Waals surface area contributed by atoms with E-state index in [1.807, 2.05) is 0 Å². The van der Waals surface area contributed by atoms with E-state index in [0.717, 1.165) is 0 Å². The van der Waals surface area contributed by atoms with Gasteiger partial charge in [0.2, 0.25) is 0 Å². The van der Waals surface area contributed by atoms with Crippen LogP contribution in [0.4, 0.5) is 5.69 Å². The van der Waals surface area contributed by atoms with E-state index in [1.54, 1.807) is 6.07 Å². The van der Waals surface area contributed by atoms with Gasteiger partial charge in [-0.25, -0.2) is 0 Å². The van der Waals surface area contributed by atoms with Gasteiger partial charge in [0.1, 0.15) is 11.3 Å². The molecule has 1 atom stereocenters. The Kier molecular flexibility index (Phi) is 3.08. The van der Waals surface area contributed by atoms with Gasteiger partial charge in [0.25, 0.3) is 11.6 Å². The van der Waals surface area contributed by atoms with Crippen molar-refractivity contribution in [3.63, 3.8) is 0 Å². The molecule has 8 heteroatoms. The number of nitro groups is 1. The predicted octanol–water partition coefficient (Wildman–Crippen LogP) is 2.43. The molecule has 2 aromatic carbocycles. The monoisotopic (exact) mass is 337 g/mol. The standard InChI is InChI=1S/C17H11N3O5/c21-7-12-14(10-2-1-3-13(20(24)25)15(10)18-12)16-11-6-8(22)4-5-9(11)17(23)19-16/h1-7,16,18,22H,(H,19,23). The number of hydrogen-bond donors (Lipinski definition) is 3. The van der Waals surface area contributed by atoms with Crippen LogP contribution in [-0.2, 0) is 0 Å². The molecular formula is C17H11N3O5. The van der Waals surface area contributed by atoms with E-state index < -0.39 is 11.0 Å². The van der Waals surface area contributed by atoms with E-state index in [-0.39, 0.29) is 28.6 Å². The Hall–Kier alpha value is -3.68. The van der Waals surface area contributed by atoms with Gasteiger partial charge in [-0.05, 0) is 23.8 Å². The summed E-state index contributed by atoms with van der Waals surface area (Å²) in [7, 11) is 0. The largest absolute Gasteiger partial charge is 0.508 e. The highest BCUT2D eigenvalue weighted by molar-refractivity contribution is 6.03. The van der Waals surface area contributed by atoms with Crippen LogP contribution in [0, 0.1) is 10.1 Å². The van der Waals surface area contributed by atoms with Crippen LogP contribution >= 0.6 is 0 Å². The summed E-state index contributed by atoms with van der Waals surface area (Å²) in [6.07, 6.45) is 0.562. The van der Waals surface area contributed by atoms with Gasteiger partial charge < -0.3 is 15.4 Å². The van der Waals surface area contributed by atoms with Crippen LogP contribution in [0.15, 0.2) is 36.4 Å². The number of nitrogens with zero attached hydrogens (tertiary/aromatic N) is 1. The number of aromatic hydroxyl groups is 1. The van der Waals surface area contributed by atoms with Crippen molar-refractivity contribution in [1.29, 1.82) is 0 Å². The third-order valence-corrected chi connectivity index (χ3v) is 4.35. The molecule has 2 heterocycles. The van der Waals surface area contributed by atoms with E-state index in [2.05, 4.69) is 10.3 Å². The topological polar surface area (TPSA) is 125 Å². The van der Waals surface area contributed by atoms with Crippen LogP contribution < -0.4 is 5.32 Å². The summed E-state index contributed by atoms with van der Waals surface area (Å²) in [5.74, 6) is -0.352. The summed E-state index contributed by atoms with van der Waals surface area (Å²) in [5, 5.41) is 24.2. The van der Waals surface area contributed by atoms with Crippen molar-refractivity contribution in [3.05, 3.63) is 68.9 Å². The minimum absolute atomic E-state index is 0.0151. The number of H-pyrrole nitrogens is 1. The molecule has 0 bridgehead atoms. The van der Waals surface area contributed by atoms with Crippen molar-refractivity contribution >= 4 is 28.8 Å². The van der Waals surface area contributed by atoms with Crippen LogP contribution in [0.1, 0.15) is 38.0 Å². The zero-order valence-electron chi connectivity index (χ0n) is 12.6. The zero-order chi connectivity index (χ0) is 17.7. The molecule has 0 aliphatic carbocycles. The number of carbonyl (C=O) groups is 2. The van der Waals surface area contributed by atoms with Crippen molar-refractivity contribution in [3.8, 4) is 5.75 Å². The van der Waals surface area contributed by atoms with Crippen LogP contribution in [-0.4, -0.2) is 27.2 Å². The van der Waals surface area contributed by atoms with Crippen LogP contribution in [0.3, 0.4) is 0 Å². The lowest BCUT2D eigenvalue weighted by Gasteiger charge is -2.12. The van der Waals surface area contributed by atoms with Crippen LogP contribution in [0.5, 0.6) is 5.75 Å². The smallest absolute Gasteiger partial charge is 0.293 e. The van der Waals surface area contributed by atoms with E-state index in [9.17, 15) is 24.8 Å². The molecule has 4 rings (SSSR count). The van der Waals surface area contributed by atoms with E-state index >= 15 is 0 Å². The molecule has 0 fully saturated rings. The van der Waals surface area contributed by atoms with Crippen molar-refractivity contribution < 1.29 is 19.6 Å². The summed E-state index contributed by atoms with van der Waals surface area (Å²) >= 11 is 0. The van der Waals surface area contributed by atoms with E-state index in [1.165, 1.54) is 30.3 Å². The first kappa shape index (κ1) is 14.9. The Morgan fingerprint density at radius 1 is 1.24 bits per heavy atom. The van der Waals surface area contributed by atoms with Gasteiger partial charge in [-0.15, -0.1) is 0 Å². The summed E-state index contributed by atoms with van der Waals surface area (Å²) in [6.45, 7) is 0. The molecule has 124 valence electrons. The van der Waals surface area contributed by atoms with Gasteiger partial charge in [0, 0.05) is 22.6 Å². The number of hydrogen-bond acceptors (Lipinski definition) is 5. The Balaban J connectivity index is 2.02. The molecule has 0 saturated heterocycles. The number of benzene rings is 2. The molecule has 3 aromatic rings. The number of para-hydroxylation sites is 1. The Bertz CT molecular complexity index is 1070. The second kappa shape index (κ2) is 5.17. The molecule has 1 aliphatic heterocycles. The third kappa shape index (κ3) is 2.08. The number of amides is 1. The lowest BCUT2D eigenvalue weighted by Crippen LogP contribution is -2.20.